The molecule has 9 heteroatoms. The number of Topliss-reactive ketones (excluding diaryl/α,β-unsaturated/α-hetero) is 1. The Morgan fingerprint density at radius 3 is 2.79 bits per heavy atom. The summed E-state index contributed by atoms with van der Waals surface area (Å²) in [5.41, 5.74) is 3.52. The summed E-state index contributed by atoms with van der Waals surface area (Å²) in [6.07, 6.45) is 4.02. The van der Waals surface area contributed by atoms with E-state index in [-0.39, 0.29) is 24.3 Å². The van der Waals surface area contributed by atoms with Crippen molar-refractivity contribution < 1.29 is 19.0 Å². The van der Waals surface area contributed by atoms with E-state index in [1.54, 1.807) is 13.3 Å². The number of hydrogen-bond acceptors (Lipinski definition) is 9. The van der Waals surface area contributed by atoms with Crippen molar-refractivity contribution in [1.82, 2.24) is 20.3 Å². The number of rotatable bonds is 11. The van der Waals surface area contributed by atoms with E-state index in [0.29, 0.717) is 31.3 Å². The van der Waals surface area contributed by atoms with Gasteiger partial charge in [0, 0.05) is 37.5 Å². The molecule has 0 spiro atoms. The maximum atomic E-state index is 12.2. The zero-order valence-corrected chi connectivity index (χ0v) is 21.5. The molecule has 0 amide bonds. The predicted octanol–water partition coefficient (Wildman–Crippen LogP) is 4.23. The third kappa shape index (κ3) is 6.07. The fourth-order valence-electron chi connectivity index (χ4n) is 4.60. The zero-order chi connectivity index (χ0) is 26.3. The Morgan fingerprint density at radius 1 is 1.05 bits per heavy atom. The number of fused-ring (bicyclic) bond motifs is 1. The minimum absolute atomic E-state index is 0.0456. The number of aryl methyl sites for hydroxylation is 1. The third-order valence-electron chi connectivity index (χ3n) is 6.57. The van der Waals surface area contributed by atoms with Crippen molar-refractivity contribution in [2.45, 2.75) is 26.0 Å². The average Bonchev–Trinajstić information content (AvgIpc) is 3.42. The highest BCUT2D eigenvalue weighted by atomic mass is 16.5. The molecule has 1 saturated heterocycles. The lowest BCUT2D eigenvalue weighted by molar-refractivity contribution is -0.126. The molecule has 1 aliphatic heterocycles. The van der Waals surface area contributed by atoms with Crippen LogP contribution in [0, 0.1) is 12.8 Å². The molecule has 0 saturated carbocycles. The van der Waals surface area contributed by atoms with Crippen LogP contribution in [0.3, 0.4) is 0 Å². The van der Waals surface area contributed by atoms with E-state index < -0.39 is 0 Å². The second-order valence-electron chi connectivity index (χ2n) is 9.34. The number of benzene rings is 2. The second-order valence-corrected chi connectivity index (χ2v) is 9.34. The number of nitrogens with one attached hydrogen (secondary N) is 2. The van der Waals surface area contributed by atoms with Crippen LogP contribution in [0.4, 0.5) is 11.5 Å². The standard InChI is InChI=1S/C29H31N5O4/c1-19-12-21(9-10-26(19)37-15-22-6-3-4-11-30-22)34-29-28-24(32-18-33-29)7-5-8-27(28)38-16-23-13-20(14-31-23)25(35)17-36-2/h3-12,18,20,23,31H,13-17H2,1-2H3,(H,32,33,34)/t20?,23-/m1/s1. The SMILES string of the molecule is COCC(=O)C1CN[C@@H](COc2cccc3ncnc(Nc4ccc(OCc5ccccn5)c(C)c4)c23)C1. The maximum absolute atomic E-state index is 12.2. The predicted molar refractivity (Wildman–Crippen MR) is 145 cm³/mol. The molecule has 4 aromatic rings. The van der Waals surface area contributed by atoms with E-state index in [1.807, 2.05) is 61.5 Å². The van der Waals surface area contributed by atoms with Gasteiger partial charge in [0.2, 0.25) is 0 Å². The topological polar surface area (TPSA) is 107 Å². The van der Waals surface area contributed by atoms with E-state index in [9.17, 15) is 4.79 Å². The van der Waals surface area contributed by atoms with Crippen molar-refractivity contribution in [2.24, 2.45) is 5.92 Å². The van der Waals surface area contributed by atoms with Crippen molar-refractivity contribution >= 4 is 28.2 Å². The Labute approximate surface area is 221 Å². The molecule has 0 aliphatic carbocycles. The van der Waals surface area contributed by atoms with E-state index in [4.69, 9.17) is 14.2 Å². The van der Waals surface area contributed by atoms with Gasteiger partial charge in [0.1, 0.15) is 43.5 Å². The number of ether oxygens (including phenoxy) is 3. The van der Waals surface area contributed by atoms with Crippen LogP contribution in [0.15, 0.2) is 67.1 Å². The normalized spacial score (nSPS) is 16.9. The van der Waals surface area contributed by atoms with E-state index >= 15 is 0 Å². The smallest absolute Gasteiger partial charge is 0.162 e. The highest BCUT2D eigenvalue weighted by Crippen LogP contribution is 2.33. The van der Waals surface area contributed by atoms with Gasteiger partial charge < -0.3 is 24.8 Å². The third-order valence-corrected chi connectivity index (χ3v) is 6.57. The van der Waals surface area contributed by atoms with Gasteiger partial charge in [0.15, 0.2) is 5.78 Å². The Kier molecular flexibility index (Phi) is 8.06. The second kappa shape index (κ2) is 12.0. The number of carbonyl (C=O) groups is 1. The van der Waals surface area contributed by atoms with E-state index in [1.165, 1.54) is 6.33 Å². The molecule has 2 atom stereocenters. The Balaban J connectivity index is 1.28. The Hall–Kier alpha value is -4.08. The maximum Gasteiger partial charge on any atom is 0.162 e. The summed E-state index contributed by atoms with van der Waals surface area (Å²) in [6.45, 7) is 3.63. The zero-order valence-electron chi connectivity index (χ0n) is 21.5. The van der Waals surface area contributed by atoms with Crippen molar-refractivity contribution in [3.63, 3.8) is 0 Å². The van der Waals surface area contributed by atoms with Gasteiger partial charge in [-0.05, 0) is 61.4 Å². The molecule has 0 bridgehead atoms. The molecule has 38 heavy (non-hydrogen) atoms. The molecule has 2 N–H and O–H groups in total. The summed E-state index contributed by atoms with van der Waals surface area (Å²) in [5, 5.41) is 7.61. The van der Waals surface area contributed by atoms with Gasteiger partial charge in [-0.2, -0.15) is 0 Å². The summed E-state index contributed by atoms with van der Waals surface area (Å²) in [6, 6.07) is 17.5. The van der Waals surface area contributed by atoms with Gasteiger partial charge in [-0.25, -0.2) is 9.97 Å². The Bertz CT molecular complexity index is 1390. The molecule has 3 heterocycles. The lowest BCUT2D eigenvalue weighted by Crippen LogP contribution is -2.28. The fourth-order valence-corrected chi connectivity index (χ4v) is 4.60. The van der Waals surface area contributed by atoms with Crippen LogP contribution in [0.5, 0.6) is 11.5 Å². The number of methoxy groups -OCH3 is 1. The van der Waals surface area contributed by atoms with Crippen LogP contribution in [0.1, 0.15) is 17.7 Å². The van der Waals surface area contributed by atoms with Crippen LogP contribution in [0.2, 0.25) is 0 Å². The molecule has 0 radical (unpaired) electrons. The van der Waals surface area contributed by atoms with Gasteiger partial charge in [-0.15, -0.1) is 0 Å². The monoisotopic (exact) mass is 513 g/mol. The molecule has 196 valence electrons. The number of ketones is 1. The summed E-state index contributed by atoms with van der Waals surface area (Å²) in [5.74, 6) is 2.21. The van der Waals surface area contributed by atoms with Gasteiger partial charge in [-0.1, -0.05) is 12.1 Å². The molecular formula is C29H31N5O4. The first kappa shape index (κ1) is 25.6. The summed E-state index contributed by atoms with van der Waals surface area (Å²) in [7, 11) is 1.54. The summed E-state index contributed by atoms with van der Waals surface area (Å²) in [4.78, 5) is 25.4. The van der Waals surface area contributed by atoms with Gasteiger partial charge >= 0.3 is 0 Å². The van der Waals surface area contributed by atoms with Gasteiger partial charge in [-0.3, -0.25) is 9.78 Å². The van der Waals surface area contributed by atoms with Crippen LogP contribution >= 0.6 is 0 Å². The number of anilines is 2. The molecule has 2 aromatic heterocycles. The summed E-state index contributed by atoms with van der Waals surface area (Å²) < 4.78 is 17.2. The van der Waals surface area contributed by atoms with Crippen LogP contribution in [-0.4, -0.2) is 53.6 Å². The van der Waals surface area contributed by atoms with Crippen molar-refractivity contribution in [3.8, 4) is 11.5 Å². The molecule has 5 rings (SSSR count). The van der Waals surface area contributed by atoms with Crippen LogP contribution in [0.25, 0.3) is 10.9 Å². The molecule has 1 unspecified atom stereocenters. The van der Waals surface area contributed by atoms with E-state index in [0.717, 1.165) is 40.0 Å². The highest BCUT2D eigenvalue weighted by molar-refractivity contribution is 5.95. The minimum Gasteiger partial charge on any atom is -0.491 e. The minimum atomic E-state index is -0.0456. The lowest BCUT2D eigenvalue weighted by atomic mass is 10.0. The number of pyridine rings is 1. The quantitative estimate of drug-likeness (QED) is 0.305. The number of nitrogens with zero attached hydrogens (tertiary/aromatic N) is 3. The highest BCUT2D eigenvalue weighted by Gasteiger charge is 2.29. The van der Waals surface area contributed by atoms with Crippen LogP contribution in [-0.2, 0) is 16.1 Å². The Morgan fingerprint density at radius 2 is 1.97 bits per heavy atom. The first-order chi connectivity index (χ1) is 18.6. The molecule has 2 aromatic carbocycles. The van der Waals surface area contributed by atoms with E-state index in [2.05, 4.69) is 25.6 Å². The molecule has 1 fully saturated rings. The molecule has 1 aliphatic rings. The largest absolute Gasteiger partial charge is 0.491 e. The van der Waals surface area contributed by atoms with Crippen molar-refractivity contribution in [2.75, 3.05) is 32.2 Å². The first-order valence-corrected chi connectivity index (χ1v) is 12.6. The first-order valence-electron chi connectivity index (χ1n) is 12.6. The van der Waals surface area contributed by atoms with Crippen LogP contribution < -0.4 is 20.1 Å². The fraction of sp³-hybridized carbons (Fsp3) is 0.310. The average molecular weight is 514 g/mol. The van der Waals surface area contributed by atoms with Gasteiger partial charge in [0.25, 0.3) is 0 Å². The molecule has 9 nitrogen and oxygen atoms in total. The number of aromatic nitrogens is 3. The summed E-state index contributed by atoms with van der Waals surface area (Å²) >= 11 is 0. The number of hydrogen-bond donors (Lipinski definition) is 2. The molecular weight excluding hydrogens is 482 g/mol. The van der Waals surface area contributed by atoms with Crippen molar-refractivity contribution in [1.29, 1.82) is 0 Å². The lowest BCUT2D eigenvalue weighted by Gasteiger charge is -2.16. The van der Waals surface area contributed by atoms with Crippen molar-refractivity contribution in [3.05, 3.63) is 78.4 Å². The van der Waals surface area contributed by atoms with Gasteiger partial charge in [0.05, 0.1) is 16.6 Å². The number of carbonyl (C=O) groups excluding carboxylic acids is 1.